The number of benzene rings is 1. The Hall–Kier alpha value is -0.0900. The van der Waals surface area contributed by atoms with E-state index in [9.17, 15) is 0 Å². The van der Waals surface area contributed by atoms with E-state index in [1.807, 2.05) is 0 Å². The van der Waals surface area contributed by atoms with Crippen molar-refractivity contribution >= 4 is 22.6 Å². The van der Waals surface area contributed by atoms with Gasteiger partial charge in [0.1, 0.15) is 0 Å². The molecule has 0 N–H and O–H groups in total. The molecule has 0 spiro atoms. The van der Waals surface area contributed by atoms with Crippen molar-refractivity contribution in [3.63, 3.8) is 0 Å². The molecule has 0 amide bonds. The zero-order chi connectivity index (χ0) is 15.5. The Morgan fingerprint density at radius 2 is 1.50 bits per heavy atom. The van der Waals surface area contributed by atoms with E-state index in [2.05, 4.69) is 46.9 Å². The molecule has 1 nitrogen and oxygen atoms in total. The third kappa shape index (κ3) is 7.96. The molecule has 0 saturated heterocycles. The summed E-state index contributed by atoms with van der Waals surface area (Å²) in [6, 6.07) is 8.95. The maximum Gasteiger partial charge on any atom is 0.0494 e. The molecule has 1 aliphatic rings. The Morgan fingerprint density at radius 3 is 2.23 bits per heavy atom. The second-order valence-electron chi connectivity index (χ2n) is 6.72. The molecule has 22 heavy (non-hydrogen) atoms. The van der Waals surface area contributed by atoms with E-state index in [0.717, 1.165) is 19.1 Å². The van der Waals surface area contributed by atoms with Crippen LogP contribution in [0.25, 0.3) is 0 Å². The summed E-state index contributed by atoms with van der Waals surface area (Å²) in [5.41, 5.74) is 1.49. The third-order valence-electron chi connectivity index (χ3n) is 4.75. The summed E-state index contributed by atoms with van der Waals surface area (Å²) in [6.07, 6.45) is 15.0. The van der Waals surface area contributed by atoms with Crippen molar-refractivity contribution in [1.82, 2.24) is 0 Å². The van der Waals surface area contributed by atoms with Crippen LogP contribution in [-0.4, -0.2) is 13.2 Å². The molecule has 2 rings (SSSR count). The van der Waals surface area contributed by atoms with Gasteiger partial charge in [-0.05, 0) is 78.3 Å². The first kappa shape index (κ1) is 18.3. The number of halogens is 1. The first-order valence-electron chi connectivity index (χ1n) is 9.17. The van der Waals surface area contributed by atoms with Crippen LogP contribution in [0.4, 0.5) is 0 Å². The number of hydrogen-bond donors (Lipinski definition) is 0. The summed E-state index contributed by atoms with van der Waals surface area (Å²) >= 11 is 2.37. The Labute approximate surface area is 150 Å². The summed E-state index contributed by atoms with van der Waals surface area (Å²) in [5.74, 6) is 0.876. The van der Waals surface area contributed by atoms with E-state index < -0.39 is 0 Å². The van der Waals surface area contributed by atoms with Crippen molar-refractivity contribution < 1.29 is 4.74 Å². The molecule has 0 aromatic heterocycles. The summed E-state index contributed by atoms with van der Waals surface area (Å²) in [4.78, 5) is 0. The van der Waals surface area contributed by atoms with Crippen LogP contribution in [0.5, 0.6) is 0 Å². The van der Waals surface area contributed by atoms with Crippen LogP contribution in [0, 0.1) is 9.49 Å². The van der Waals surface area contributed by atoms with Crippen LogP contribution in [0.2, 0.25) is 0 Å². The Bertz CT molecular complexity index is 381. The van der Waals surface area contributed by atoms with Gasteiger partial charge in [-0.25, -0.2) is 0 Å². The van der Waals surface area contributed by atoms with Gasteiger partial charge in [-0.1, -0.05) is 50.7 Å². The zero-order valence-electron chi connectivity index (χ0n) is 13.9. The highest BCUT2D eigenvalue weighted by molar-refractivity contribution is 14.1. The van der Waals surface area contributed by atoms with Gasteiger partial charge in [0.15, 0.2) is 0 Å². The quantitative estimate of drug-likeness (QED) is 0.302. The monoisotopic (exact) mass is 414 g/mol. The Balaban J connectivity index is 1.34. The fourth-order valence-electron chi connectivity index (χ4n) is 3.32. The molecule has 0 unspecified atom stereocenters. The maximum absolute atomic E-state index is 5.81. The molecule has 1 aliphatic carbocycles. The van der Waals surface area contributed by atoms with Crippen LogP contribution in [0.3, 0.4) is 0 Å². The molecule has 0 aliphatic heterocycles. The molecule has 124 valence electrons. The highest BCUT2D eigenvalue weighted by Crippen LogP contribution is 2.24. The maximum atomic E-state index is 5.81. The van der Waals surface area contributed by atoms with Crippen LogP contribution in [-0.2, 0) is 11.2 Å². The summed E-state index contributed by atoms with van der Waals surface area (Å²) < 4.78 is 7.14. The van der Waals surface area contributed by atoms with Crippen molar-refractivity contribution in [2.75, 3.05) is 13.2 Å². The van der Waals surface area contributed by atoms with E-state index >= 15 is 0 Å². The minimum Gasteiger partial charge on any atom is -0.381 e. The summed E-state index contributed by atoms with van der Waals surface area (Å²) in [6.45, 7) is 2.01. The Kier molecular flexibility index (Phi) is 9.50. The number of hydrogen-bond acceptors (Lipinski definition) is 1. The lowest BCUT2D eigenvalue weighted by Gasteiger charge is -2.09. The minimum absolute atomic E-state index is 0.876. The van der Waals surface area contributed by atoms with Gasteiger partial charge in [-0.2, -0.15) is 0 Å². The largest absolute Gasteiger partial charge is 0.381 e. The second kappa shape index (κ2) is 11.4. The zero-order valence-corrected chi connectivity index (χ0v) is 16.0. The predicted octanol–water partition coefficient (Wildman–Crippen LogP) is 6.38. The van der Waals surface area contributed by atoms with Gasteiger partial charge in [-0.15, -0.1) is 0 Å². The normalized spacial score (nSPS) is 15.5. The SMILES string of the molecule is Ic1ccc(CCCCCCCCOCC2CCCC2)cc1. The molecule has 0 atom stereocenters. The molecule has 1 fully saturated rings. The molecule has 0 heterocycles. The van der Waals surface area contributed by atoms with Gasteiger partial charge in [0, 0.05) is 16.8 Å². The topological polar surface area (TPSA) is 9.23 Å². The highest BCUT2D eigenvalue weighted by atomic mass is 127. The number of rotatable bonds is 11. The molecule has 0 bridgehead atoms. The molecular weight excluding hydrogens is 383 g/mol. The van der Waals surface area contributed by atoms with E-state index in [1.54, 1.807) is 0 Å². The molecule has 0 radical (unpaired) electrons. The van der Waals surface area contributed by atoms with Crippen LogP contribution in [0.1, 0.15) is 69.8 Å². The standard InChI is InChI=1S/C20H31IO/c21-20-14-12-18(13-15-20)9-5-3-1-2-4-8-16-22-17-19-10-6-7-11-19/h12-15,19H,1-11,16-17H2. The van der Waals surface area contributed by atoms with E-state index in [-0.39, 0.29) is 0 Å². The number of ether oxygens (including phenoxy) is 1. The van der Waals surface area contributed by atoms with Gasteiger partial charge in [-0.3, -0.25) is 0 Å². The average molecular weight is 414 g/mol. The summed E-state index contributed by atoms with van der Waals surface area (Å²) in [7, 11) is 0. The van der Waals surface area contributed by atoms with E-state index in [0.29, 0.717) is 0 Å². The molecule has 1 saturated carbocycles. The van der Waals surface area contributed by atoms with Crippen molar-refractivity contribution in [1.29, 1.82) is 0 Å². The number of unbranched alkanes of at least 4 members (excludes halogenated alkanes) is 5. The Morgan fingerprint density at radius 1 is 0.864 bits per heavy atom. The molecule has 1 aromatic rings. The van der Waals surface area contributed by atoms with Crippen molar-refractivity contribution in [3.05, 3.63) is 33.4 Å². The van der Waals surface area contributed by atoms with Crippen molar-refractivity contribution in [2.45, 2.75) is 70.6 Å². The lowest BCUT2D eigenvalue weighted by atomic mass is 10.1. The van der Waals surface area contributed by atoms with Crippen LogP contribution < -0.4 is 0 Å². The first-order chi connectivity index (χ1) is 10.8. The van der Waals surface area contributed by atoms with Gasteiger partial charge in [0.2, 0.25) is 0 Å². The van der Waals surface area contributed by atoms with E-state index in [4.69, 9.17) is 4.74 Å². The minimum atomic E-state index is 0.876. The second-order valence-corrected chi connectivity index (χ2v) is 7.97. The van der Waals surface area contributed by atoms with E-state index in [1.165, 1.54) is 79.8 Å². The molecule has 1 aromatic carbocycles. The lowest BCUT2D eigenvalue weighted by Crippen LogP contribution is -2.06. The number of aryl methyl sites for hydroxylation is 1. The smallest absolute Gasteiger partial charge is 0.0494 e. The van der Waals surface area contributed by atoms with Gasteiger partial charge < -0.3 is 4.74 Å². The first-order valence-corrected chi connectivity index (χ1v) is 10.2. The highest BCUT2D eigenvalue weighted by Gasteiger charge is 2.14. The average Bonchev–Trinajstić information content (AvgIpc) is 3.04. The van der Waals surface area contributed by atoms with Crippen molar-refractivity contribution in [2.24, 2.45) is 5.92 Å². The lowest BCUT2D eigenvalue weighted by molar-refractivity contribution is 0.0978. The predicted molar refractivity (Wildman–Crippen MR) is 103 cm³/mol. The van der Waals surface area contributed by atoms with Gasteiger partial charge in [0.05, 0.1) is 0 Å². The fraction of sp³-hybridized carbons (Fsp3) is 0.700. The van der Waals surface area contributed by atoms with Crippen LogP contribution in [0.15, 0.2) is 24.3 Å². The molecule has 2 heteroatoms. The van der Waals surface area contributed by atoms with Crippen LogP contribution >= 0.6 is 22.6 Å². The fourth-order valence-corrected chi connectivity index (χ4v) is 3.68. The van der Waals surface area contributed by atoms with Gasteiger partial charge in [0.25, 0.3) is 0 Å². The van der Waals surface area contributed by atoms with Crippen molar-refractivity contribution in [3.8, 4) is 0 Å². The summed E-state index contributed by atoms with van der Waals surface area (Å²) in [5, 5.41) is 0. The third-order valence-corrected chi connectivity index (χ3v) is 5.46. The molecular formula is C20H31IO. The van der Waals surface area contributed by atoms with Gasteiger partial charge >= 0.3 is 0 Å².